The predicted molar refractivity (Wildman–Crippen MR) is 59.4 cm³/mol. The van der Waals surface area contributed by atoms with E-state index in [2.05, 4.69) is 5.32 Å². The zero-order valence-corrected chi connectivity index (χ0v) is 9.24. The van der Waals surface area contributed by atoms with E-state index in [1.165, 1.54) is 44.4 Å². The lowest BCUT2D eigenvalue weighted by molar-refractivity contribution is 0.0694. The minimum atomic E-state index is -0.922. The van der Waals surface area contributed by atoms with E-state index in [-0.39, 0.29) is 5.56 Å². The van der Waals surface area contributed by atoms with Gasteiger partial charge in [0.15, 0.2) is 0 Å². The van der Waals surface area contributed by atoms with Gasteiger partial charge in [-0.15, -0.1) is 0 Å². The summed E-state index contributed by atoms with van der Waals surface area (Å²) in [6.07, 6.45) is 7.65. The standard InChI is InChI=1S/C12H17NO3/c14-12(15)10-6-7-16-11(10)8-13-9-4-2-1-3-5-9/h6-7,9,13H,1-5,8H2,(H,14,15). The Kier molecular flexibility index (Phi) is 3.62. The van der Waals surface area contributed by atoms with Gasteiger partial charge >= 0.3 is 5.97 Å². The molecule has 1 saturated carbocycles. The summed E-state index contributed by atoms with van der Waals surface area (Å²) in [6.45, 7) is 0.513. The lowest BCUT2D eigenvalue weighted by Crippen LogP contribution is -2.30. The molecule has 2 rings (SSSR count). The Balaban J connectivity index is 1.88. The van der Waals surface area contributed by atoms with Gasteiger partial charge in [0.1, 0.15) is 11.3 Å². The fourth-order valence-corrected chi connectivity index (χ4v) is 2.21. The molecule has 2 N–H and O–H groups in total. The van der Waals surface area contributed by atoms with Crippen LogP contribution in [0, 0.1) is 0 Å². The molecule has 88 valence electrons. The van der Waals surface area contributed by atoms with Crippen LogP contribution in [0.25, 0.3) is 0 Å². The Morgan fingerprint density at radius 2 is 2.19 bits per heavy atom. The normalized spacial score (nSPS) is 17.5. The van der Waals surface area contributed by atoms with Crippen LogP contribution in [-0.4, -0.2) is 17.1 Å². The lowest BCUT2D eigenvalue weighted by Gasteiger charge is -2.22. The molecule has 0 aromatic carbocycles. The number of aromatic carboxylic acids is 1. The molecular formula is C12H17NO3. The zero-order chi connectivity index (χ0) is 11.4. The number of carbonyl (C=O) groups is 1. The first-order chi connectivity index (χ1) is 7.77. The van der Waals surface area contributed by atoms with Gasteiger partial charge < -0.3 is 14.8 Å². The van der Waals surface area contributed by atoms with Crippen molar-refractivity contribution in [1.29, 1.82) is 0 Å². The lowest BCUT2D eigenvalue weighted by atomic mass is 9.95. The molecule has 1 aliphatic rings. The van der Waals surface area contributed by atoms with E-state index in [4.69, 9.17) is 9.52 Å². The summed E-state index contributed by atoms with van der Waals surface area (Å²) in [5, 5.41) is 12.3. The number of nitrogens with one attached hydrogen (secondary N) is 1. The summed E-state index contributed by atoms with van der Waals surface area (Å²) in [7, 11) is 0. The maximum absolute atomic E-state index is 10.8. The largest absolute Gasteiger partial charge is 0.478 e. The number of rotatable bonds is 4. The summed E-state index contributed by atoms with van der Waals surface area (Å²) in [5.74, 6) is -0.396. The summed E-state index contributed by atoms with van der Waals surface area (Å²) in [6, 6.07) is 2.01. The second-order valence-corrected chi connectivity index (χ2v) is 4.28. The minimum Gasteiger partial charge on any atom is -0.478 e. The third-order valence-corrected chi connectivity index (χ3v) is 3.13. The molecule has 0 saturated heterocycles. The number of hydrogen-bond donors (Lipinski definition) is 2. The maximum atomic E-state index is 10.8. The van der Waals surface area contributed by atoms with E-state index < -0.39 is 5.97 Å². The fourth-order valence-electron chi connectivity index (χ4n) is 2.21. The zero-order valence-electron chi connectivity index (χ0n) is 9.24. The van der Waals surface area contributed by atoms with Crippen LogP contribution in [0.4, 0.5) is 0 Å². The molecule has 0 bridgehead atoms. The average molecular weight is 223 g/mol. The van der Waals surface area contributed by atoms with Crippen LogP contribution in [0.5, 0.6) is 0 Å². The molecule has 0 atom stereocenters. The van der Waals surface area contributed by atoms with Gasteiger partial charge in [-0.05, 0) is 18.9 Å². The third kappa shape index (κ3) is 2.64. The first-order valence-electron chi connectivity index (χ1n) is 5.80. The molecule has 1 heterocycles. The number of carboxylic acids is 1. The first kappa shape index (κ1) is 11.2. The Labute approximate surface area is 94.6 Å². The molecule has 1 fully saturated rings. The highest BCUT2D eigenvalue weighted by molar-refractivity contribution is 5.88. The topological polar surface area (TPSA) is 62.5 Å². The molecular weight excluding hydrogens is 206 g/mol. The highest BCUT2D eigenvalue weighted by Crippen LogP contribution is 2.18. The Hall–Kier alpha value is -1.29. The van der Waals surface area contributed by atoms with Crippen molar-refractivity contribution in [3.05, 3.63) is 23.7 Å². The first-order valence-corrected chi connectivity index (χ1v) is 5.80. The van der Waals surface area contributed by atoms with Gasteiger partial charge in [0.25, 0.3) is 0 Å². The predicted octanol–water partition coefficient (Wildman–Crippen LogP) is 2.40. The summed E-state index contributed by atoms with van der Waals surface area (Å²) >= 11 is 0. The van der Waals surface area contributed by atoms with Crippen molar-refractivity contribution in [3.8, 4) is 0 Å². The molecule has 0 aliphatic heterocycles. The Morgan fingerprint density at radius 3 is 2.88 bits per heavy atom. The van der Waals surface area contributed by atoms with E-state index in [9.17, 15) is 4.79 Å². The van der Waals surface area contributed by atoms with Crippen LogP contribution < -0.4 is 5.32 Å². The molecule has 1 aliphatic carbocycles. The van der Waals surface area contributed by atoms with E-state index in [1.54, 1.807) is 0 Å². The van der Waals surface area contributed by atoms with E-state index >= 15 is 0 Å². The summed E-state index contributed by atoms with van der Waals surface area (Å²) in [4.78, 5) is 10.8. The maximum Gasteiger partial charge on any atom is 0.339 e. The molecule has 1 aromatic rings. The van der Waals surface area contributed by atoms with Crippen LogP contribution in [0.3, 0.4) is 0 Å². The smallest absolute Gasteiger partial charge is 0.339 e. The van der Waals surface area contributed by atoms with E-state index in [0.29, 0.717) is 18.3 Å². The number of carboxylic acid groups (broad SMARTS) is 1. The van der Waals surface area contributed by atoms with E-state index in [0.717, 1.165) is 0 Å². The van der Waals surface area contributed by atoms with Crippen LogP contribution in [0.2, 0.25) is 0 Å². The average Bonchev–Trinajstić information content (AvgIpc) is 2.76. The van der Waals surface area contributed by atoms with Crippen LogP contribution in [0.1, 0.15) is 48.2 Å². The number of furan rings is 1. The van der Waals surface area contributed by atoms with Gasteiger partial charge in [0.05, 0.1) is 12.8 Å². The van der Waals surface area contributed by atoms with E-state index in [1.807, 2.05) is 0 Å². The van der Waals surface area contributed by atoms with Gasteiger partial charge in [0, 0.05) is 6.04 Å². The molecule has 0 amide bonds. The van der Waals surface area contributed by atoms with Crippen LogP contribution in [0.15, 0.2) is 16.7 Å². The van der Waals surface area contributed by atoms with Gasteiger partial charge in [0.2, 0.25) is 0 Å². The second-order valence-electron chi connectivity index (χ2n) is 4.28. The molecule has 16 heavy (non-hydrogen) atoms. The summed E-state index contributed by atoms with van der Waals surface area (Å²) < 4.78 is 5.17. The van der Waals surface area contributed by atoms with Gasteiger partial charge in [-0.2, -0.15) is 0 Å². The minimum absolute atomic E-state index is 0.267. The Morgan fingerprint density at radius 1 is 1.44 bits per heavy atom. The van der Waals surface area contributed by atoms with Crippen molar-refractivity contribution in [2.24, 2.45) is 0 Å². The van der Waals surface area contributed by atoms with Crippen molar-refractivity contribution in [3.63, 3.8) is 0 Å². The van der Waals surface area contributed by atoms with Gasteiger partial charge in [-0.1, -0.05) is 19.3 Å². The summed E-state index contributed by atoms with van der Waals surface area (Å²) in [5.41, 5.74) is 0.267. The monoisotopic (exact) mass is 223 g/mol. The molecule has 4 nitrogen and oxygen atoms in total. The molecule has 0 unspecified atom stereocenters. The fraction of sp³-hybridized carbons (Fsp3) is 0.583. The molecule has 0 spiro atoms. The van der Waals surface area contributed by atoms with Gasteiger partial charge in [-0.25, -0.2) is 4.79 Å². The molecule has 0 radical (unpaired) electrons. The van der Waals surface area contributed by atoms with Crippen molar-refractivity contribution in [2.75, 3.05) is 0 Å². The number of hydrogen-bond acceptors (Lipinski definition) is 3. The van der Waals surface area contributed by atoms with Crippen molar-refractivity contribution < 1.29 is 14.3 Å². The quantitative estimate of drug-likeness (QED) is 0.822. The molecule has 4 heteroatoms. The SMILES string of the molecule is O=C(O)c1ccoc1CNC1CCCCC1. The second kappa shape index (κ2) is 5.16. The highest BCUT2D eigenvalue weighted by Gasteiger charge is 2.16. The third-order valence-electron chi connectivity index (χ3n) is 3.13. The van der Waals surface area contributed by atoms with Crippen LogP contribution >= 0.6 is 0 Å². The van der Waals surface area contributed by atoms with Crippen molar-refractivity contribution >= 4 is 5.97 Å². The van der Waals surface area contributed by atoms with Crippen molar-refractivity contribution in [1.82, 2.24) is 5.32 Å². The van der Waals surface area contributed by atoms with Gasteiger partial charge in [-0.3, -0.25) is 0 Å². The molecule has 1 aromatic heterocycles. The van der Waals surface area contributed by atoms with Crippen LogP contribution in [-0.2, 0) is 6.54 Å². The Bertz CT molecular complexity index is 353. The highest BCUT2D eigenvalue weighted by atomic mass is 16.4. The van der Waals surface area contributed by atoms with Crippen molar-refractivity contribution in [2.45, 2.75) is 44.7 Å².